The number of piperazine rings is 1. The summed E-state index contributed by atoms with van der Waals surface area (Å²) >= 11 is 0. The lowest BCUT2D eigenvalue weighted by Crippen LogP contribution is -2.47. The lowest BCUT2D eigenvalue weighted by atomic mass is 9.76. The molecule has 1 aromatic carbocycles. The molecule has 1 aromatic heterocycles. The Morgan fingerprint density at radius 2 is 1.74 bits per heavy atom. The van der Waals surface area contributed by atoms with Gasteiger partial charge in [-0.25, -0.2) is 8.42 Å². The number of aromatic nitrogens is 1. The van der Waals surface area contributed by atoms with Gasteiger partial charge in [0.15, 0.2) is 0 Å². The fourth-order valence-corrected chi connectivity index (χ4v) is 6.93. The van der Waals surface area contributed by atoms with Gasteiger partial charge in [0.05, 0.1) is 5.41 Å². The van der Waals surface area contributed by atoms with E-state index in [4.69, 9.17) is 4.74 Å². The largest absolute Gasteiger partial charge is 0.462 e. The van der Waals surface area contributed by atoms with E-state index in [9.17, 15) is 13.2 Å². The van der Waals surface area contributed by atoms with Crippen LogP contribution in [0.25, 0.3) is 0 Å². The molecular weight excluding hydrogens is 464 g/mol. The van der Waals surface area contributed by atoms with Crippen LogP contribution < -0.4 is 4.90 Å². The third-order valence-corrected chi connectivity index (χ3v) is 9.70. The Bertz CT molecular complexity index is 1120. The number of nitrogens with zero attached hydrogens (tertiary/aromatic N) is 4. The van der Waals surface area contributed by atoms with E-state index in [1.807, 2.05) is 0 Å². The molecule has 2 aromatic rings. The van der Waals surface area contributed by atoms with Crippen molar-refractivity contribution in [1.29, 1.82) is 0 Å². The molecule has 1 spiro atoms. The van der Waals surface area contributed by atoms with Crippen molar-refractivity contribution in [1.82, 2.24) is 14.2 Å². The number of carbonyl (C=O) groups is 1. The number of sulfonamides is 1. The first kappa shape index (κ1) is 24.2. The number of esters is 1. The maximum absolute atomic E-state index is 12.9. The number of pyridine rings is 1. The van der Waals surface area contributed by atoms with E-state index in [1.165, 1.54) is 21.8 Å². The molecule has 0 bridgehead atoms. The number of hydrogen-bond donors (Lipinski definition) is 0. The highest BCUT2D eigenvalue weighted by molar-refractivity contribution is 7.89. The summed E-state index contributed by atoms with van der Waals surface area (Å²) in [6, 6.07) is 11.9. The van der Waals surface area contributed by atoms with Crippen molar-refractivity contribution in [2.24, 2.45) is 5.41 Å². The number of hydrogen-bond acceptors (Lipinski definition) is 7. The van der Waals surface area contributed by atoms with Crippen molar-refractivity contribution in [3.63, 3.8) is 0 Å². The van der Waals surface area contributed by atoms with Crippen LogP contribution in [-0.2, 0) is 19.6 Å². The van der Waals surface area contributed by atoms with Crippen molar-refractivity contribution in [2.75, 3.05) is 50.7 Å². The summed E-state index contributed by atoms with van der Waals surface area (Å²) in [6.45, 7) is 7.69. The normalized spacial score (nSPS) is 23.5. The van der Waals surface area contributed by atoms with Gasteiger partial charge < -0.3 is 9.64 Å². The predicted octanol–water partition coefficient (Wildman–Crippen LogP) is 2.69. The molecule has 3 aliphatic heterocycles. The third-order valence-electron chi connectivity index (χ3n) is 7.82. The van der Waals surface area contributed by atoms with Gasteiger partial charge in [-0.15, -0.1) is 0 Å². The number of benzene rings is 1. The molecule has 8 nitrogen and oxygen atoms in total. The second-order valence-corrected chi connectivity index (χ2v) is 12.0. The molecule has 3 saturated heterocycles. The average Bonchev–Trinajstić information content (AvgIpc) is 3.18. The second-order valence-electron chi connectivity index (χ2n) is 10.1. The number of piperidine rings is 1. The van der Waals surface area contributed by atoms with Gasteiger partial charge in [-0.1, -0.05) is 17.7 Å². The van der Waals surface area contributed by atoms with Gasteiger partial charge in [-0.05, 0) is 50.5 Å². The second kappa shape index (κ2) is 9.87. The van der Waals surface area contributed by atoms with Crippen LogP contribution in [0.3, 0.4) is 0 Å². The predicted molar refractivity (Wildman–Crippen MR) is 134 cm³/mol. The quantitative estimate of drug-likeness (QED) is 0.567. The Balaban J connectivity index is 1.10. The molecule has 1 atom stereocenters. The number of cyclic esters (lactones) is 1. The van der Waals surface area contributed by atoms with E-state index in [1.54, 1.807) is 18.3 Å². The van der Waals surface area contributed by atoms with E-state index < -0.39 is 15.4 Å². The van der Waals surface area contributed by atoms with Gasteiger partial charge in [0.2, 0.25) is 10.0 Å². The minimum atomic E-state index is -3.58. The zero-order valence-electron chi connectivity index (χ0n) is 20.3. The van der Waals surface area contributed by atoms with Gasteiger partial charge in [0, 0.05) is 70.3 Å². The van der Waals surface area contributed by atoms with Crippen molar-refractivity contribution in [2.45, 2.75) is 43.6 Å². The van der Waals surface area contributed by atoms with E-state index >= 15 is 0 Å². The third kappa shape index (κ3) is 5.08. The van der Waals surface area contributed by atoms with E-state index in [2.05, 4.69) is 46.0 Å². The van der Waals surface area contributed by atoms with E-state index in [0.717, 1.165) is 39.1 Å². The van der Waals surface area contributed by atoms with Crippen LogP contribution >= 0.6 is 0 Å². The van der Waals surface area contributed by atoms with Gasteiger partial charge in [-0.2, -0.15) is 4.31 Å². The van der Waals surface area contributed by atoms with Crippen molar-refractivity contribution < 1.29 is 17.9 Å². The summed E-state index contributed by atoms with van der Waals surface area (Å²) in [7, 11) is -3.58. The topological polar surface area (TPSA) is 83.0 Å². The van der Waals surface area contributed by atoms with Crippen LogP contribution in [-0.4, -0.2) is 80.5 Å². The first-order valence-corrected chi connectivity index (χ1v) is 14.0. The van der Waals surface area contributed by atoms with Gasteiger partial charge in [0.1, 0.15) is 11.0 Å². The Morgan fingerprint density at radius 3 is 2.40 bits per heavy atom. The molecule has 0 radical (unpaired) electrons. The molecule has 0 amide bonds. The molecule has 3 fully saturated rings. The van der Waals surface area contributed by atoms with Crippen molar-refractivity contribution in [3.8, 4) is 0 Å². The maximum Gasteiger partial charge on any atom is 0.312 e. The molecular formula is C26H34N4O4S. The van der Waals surface area contributed by atoms with Gasteiger partial charge in [-0.3, -0.25) is 14.7 Å². The molecule has 0 N–H and O–H groups in total. The molecule has 9 heteroatoms. The first-order valence-electron chi connectivity index (χ1n) is 12.5. The van der Waals surface area contributed by atoms with E-state index in [0.29, 0.717) is 32.4 Å². The highest BCUT2D eigenvalue weighted by atomic mass is 32.2. The monoisotopic (exact) mass is 498 g/mol. The van der Waals surface area contributed by atoms with Crippen LogP contribution in [0.1, 0.15) is 31.2 Å². The highest BCUT2D eigenvalue weighted by Crippen LogP contribution is 2.44. The number of rotatable bonds is 6. The zero-order chi connectivity index (χ0) is 24.5. The van der Waals surface area contributed by atoms with E-state index in [-0.39, 0.29) is 17.0 Å². The summed E-state index contributed by atoms with van der Waals surface area (Å²) in [5.41, 5.74) is 2.01. The average molecular weight is 499 g/mol. The smallest absolute Gasteiger partial charge is 0.312 e. The molecule has 3 aliphatic rings. The zero-order valence-corrected chi connectivity index (χ0v) is 21.1. The number of aryl methyl sites for hydroxylation is 1. The fraction of sp³-hybridized carbons (Fsp3) is 0.538. The van der Waals surface area contributed by atoms with Crippen LogP contribution in [0.15, 0.2) is 53.7 Å². The summed E-state index contributed by atoms with van der Waals surface area (Å²) < 4.78 is 33.1. The Hall–Kier alpha value is -2.49. The highest BCUT2D eigenvalue weighted by Gasteiger charge is 2.51. The van der Waals surface area contributed by atoms with Crippen LogP contribution in [0.5, 0.6) is 0 Å². The molecule has 0 saturated carbocycles. The number of anilines is 1. The minimum absolute atomic E-state index is 0.0842. The maximum atomic E-state index is 12.9. The Labute approximate surface area is 207 Å². The van der Waals surface area contributed by atoms with Crippen LogP contribution in [0.4, 0.5) is 5.69 Å². The fourth-order valence-electron chi connectivity index (χ4n) is 5.52. The first-order chi connectivity index (χ1) is 16.9. The van der Waals surface area contributed by atoms with Gasteiger partial charge in [0.25, 0.3) is 0 Å². The molecule has 0 aliphatic carbocycles. The summed E-state index contributed by atoms with van der Waals surface area (Å²) in [5, 5.41) is 0. The summed E-state index contributed by atoms with van der Waals surface area (Å²) in [6.07, 6.45) is 5.39. The standard InChI is InChI=1S/C26H34N4O4S/c1-21-4-6-22(7-5-21)29-17-15-28(16-18-29)12-8-23-19-26(25(31)34-23)9-13-30(14-10-26)35(32,33)24-3-2-11-27-20-24/h2-7,11,20,23H,8-10,12-19H2,1H3/t23-/m1/s1. The number of carbonyl (C=O) groups excluding carboxylic acids is 1. The minimum Gasteiger partial charge on any atom is -0.462 e. The molecule has 5 rings (SSSR count). The Kier molecular flexibility index (Phi) is 6.83. The Morgan fingerprint density at radius 1 is 1.03 bits per heavy atom. The summed E-state index contributed by atoms with van der Waals surface area (Å²) in [4.78, 5) is 21.9. The molecule has 4 heterocycles. The van der Waals surface area contributed by atoms with Crippen molar-refractivity contribution in [3.05, 3.63) is 54.4 Å². The molecule has 0 unspecified atom stereocenters. The van der Waals surface area contributed by atoms with Gasteiger partial charge >= 0.3 is 5.97 Å². The van der Waals surface area contributed by atoms with Crippen LogP contribution in [0, 0.1) is 12.3 Å². The van der Waals surface area contributed by atoms with Crippen LogP contribution in [0.2, 0.25) is 0 Å². The lowest BCUT2D eigenvalue weighted by molar-refractivity contribution is -0.150. The molecule has 188 valence electrons. The summed E-state index contributed by atoms with van der Waals surface area (Å²) in [5.74, 6) is -0.148. The SMILES string of the molecule is Cc1ccc(N2CCN(CC[C@@H]3CC4(CCN(S(=O)(=O)c5cccnc5)CC4)C(=O)O3)CC2)cc1. The van der Waals surface area contributed by atoms with Crippen molar-refractivity contribution >= 4 is 21.7 Å². The number of ether oxygens (including phenoxy) is 1. The lowest BCUT2D eigenvalue weighted by Gasteiger charge is -2.36. The molecule has 35 heavy (non-hydrogen) atoms.